The summed E-state index contributed by atoms with van der Waals surface area (Å²) in [6, 6.07) is 0.00495. The number of Topliss-reactive ketones (excluding diaryl/α,β-unsaturated/α-hetero) is 1. The molecule has 0 aliphatic rings. The summed E-state index contributed by atoms with van der Waals surface area (Å²) in [7, 11) is 0. The van der Waals surface area contributed by atoms with Crippen molar-refractivity contribution in [2.45, 2.75) is 86.0 Å². The van der Waals surface area contributed by atoms with Crippen LogP contribution in [0.25, 0.3) is 0 Å². The van der Waals surface area contributed by atoms with Crippen molar-refractivity contribution >= 4 is 11.8 Å². The molecule has 0 saturated carbocycles. The molecule has 1 atom stereocenters. The van der Waals surface area contributed by atoms with E-state index in [1.54, 1.807) is 0 Å². The number of ether oxygens (including phenoxy) is 1. The van der Waals surface area contributed by atoms with Crippen LogP contribution >= 0.6 is 0 Å². The predicted molar refractivity (Wildman–Crippen MR) is 81.6 cm³/mol. The van der Waals surface area contributed by atoms with E-state index in [9.17, 15) is 9.59 Å². The van der Waals surface area contributed by atoms with Gasteiger partial charge in [-0.3, -0.25) is 14.5 Å². The molecule has 0 fully saturated rings. The van der Waals surface area contributed by atoms with Crippen LogP contribution in [0, 0.1) is 5.92 Å². The van der Waals surface area contributed by atoms with E-state index < -0.39 is 6.04 Å². The lowest BCUT2D eigenvalue weighted by molar-refractivity contribution is -0.151. The number of esters is 1. The molecule has 0 radical (unpaired) electrons. The van der Waals surface area contributed by atoms with Crippen LogP contribution in [0.5, 0.6) is 0 Å². The molecule has 0 N–H and O–H groups in total. The fourth-order valence-corrected chi connectivity index (χ4v) is 2.52. The zero-order valence-corrected chi connectivity index (χ0v) is 14.3. The van der Waals surface area contributed by atoms with Crippen LogP contribution < -0.4 is 0 Å². The van der Waals surface area contributed by atoms with Crippen LogP contribution in [-0.4, -0.2) is 40.9 Å². The summed E-state index contributed by atoms with van der Waals surface area (Å²) in [6.45, 7) is 15.6. The zero-order chi connectivity index (χ0) is 16.0. The summed E-state index contributed by atoms with van der Waals surface area (Å²) in [5.41, 5.74) is 0. The predicted octanol–water partition coefficient (Wildman–Crippen LogP) is 3.04. The van der Waals surface area contributed by atoms with Crippen molar-refractivity contribution in [3.8, 4) is 0 Å². The van der Waals surface area contributed by atoms with E-state index in [1.807, 2.05) is 55.4 Å². The minimum atomic E-state index is -0.402. The molecule has 0 aromatic rings. The highest BCUT2D eigenvalue weighted by atomic mass is 16.5. The number of carbonyl (C=O) groups is 2. The maximum Gasteiger partial charge on any atom is 0.308 e. The van der Waals surface area contributed by atoms with E-state index >= 15 is 0 Å². The van der Waals surface area contributed by atoms with Crippen molar-refractivity contribution in [3.05, 3.63) is 0 Å². The van der Waals surface area contributed by atoms with E-state index in [0.717, 1.165) is 0 Å². The quantitative estimate of drug-likeness (QED) is 0.643. The van der Waals surface area contributed by atoms with Gasteiger partial charge < -0.3 is 4.74 Å². The van der Waals surface area contributed by atoms with Gasteiger partial charge in [-0.2, -0.15) is 0 Å². The summed E-state index contributed by atoms with van der Waals surface area (Å²) in [5, 5.41) is 0. The lowest BCUT2D eigenvalue weighted by Gasteiger charge is -2.37. The van der Waals surface area contributed by atoms with Gasteiger partial charge in [-0.1, -0.05) is 13.8 Å². The molecule has 118 valence electrons. The van der Waals surface area contributed by atoms with E-state index in [4.69, 9.17) is 4.74 Å². The largest absolute Gasteiger partial charge is 0.463 e. The van der Waals surface area contributed by atoms with Crippen molar-refractivity contribution in [3.63, 3.8) is 0 Å². The van der Waals surface area contributed by atoms with Gasteiger partial charge in [0.25, 0.3) is 0 Å². The van der Waals surface area contributed by atoms with Crippen LogP contribution in [0.1, 0.15) is 61.8 Å². The lowest BCUT2D eigenvalue weighted by Crippen LogP contribution is -2.51. The Kier molecular flexibility index (Phi) is 8.02. The first-order valence-corrected chi connectivity index (χ1v) is 7.58. The minimum absolute atomic E-state index is 0.0909. The standard InChI is InChI=1S/C16H31NO3/c1-10(2)16(19)14(9-15(18)20-13(7)8)17(11(3)4)12(5)6/h10-14H,9H2,1-8H3. The monoisotopic (exact) mass is 285 g/mol. The lowest BCUT2D eigenvalue weighted by atomic mass is 9.95. The molecule has 0 heterocycles. The fourth-order valence-electron chi connectivity index (χ4n) is 2.52. The SMILES string of the molecule is CC(C)OC(=O)CC(C(=O)C(C)C)N(C(C)C)C(C)C. The second-order valence-corrected chi connectivity index (χ2v) is 6.45. The van der Waals surface area contributed by atoms with Crippen LogP contribution in [0.4, 0.5) is 0 Å². The fraction of sp³-hybridized carbons (Fsp3) is 0.875. The van der Waals surface area contributed by atoms with E-state index in [2.05, 4.69) is 4.90 Å². The molecule has 0 aliphatic heterocycles. The summed E-state index contributed by atoms with van der Waals surface area (Å²) >= 11 is 0. The Morgan fingerprint density at radius 3 is 1.65 bits per heavy atom. The molecule has 0 amide bonds. The summed E-state index contributed by atoms with van der Waals surface area (Å²) in [6.07, 6.45) is -0.0187. The Morgan fingerprint density at radius 2 is 1.35 bits per heavy atom. The van der Waals surface area contributed by atoms with Gasteiger partial charge in [0.15, 0.2) is 5.78 Å². The molecule has 0 aromatic carbocycles. The van der Waals surface area contributed by atoms with Crippen LogP contribution in [0.3, 0.4) is 0 Å². The average Bonchev–Trinajstić information content (AvgIpc) is 2.24. The smallest absolute Gasteiger partial charge is 0.308 e. The van der Waals surface area contributed by atoms with E-state index in [0.29, 0.717) is 0 Å². The van der Waals surface area contributed by atoms with Gasteiger partial charge in [-0.05, 0) is 41.5 Å². The van der Waals surface area contributed by atoms with Crippen molar-refractivity contribution in [2.24, 2.45) is 5.92 Å². The van der Waals surface area contributed by atoms with Crippen LogP contribution in [0.15, 0.2) is 0 Å². The van der Waals surface area contributed by atoms with Crippen molar-refractivity contribution < 1.29 is 14.3 Å². The molecule has 4 heteroatoms. The second-order valence-electron chi connectivity index (χ2n) is 6.45. The number of ketones is 1. The van der Waals surface area contributed by atoms with Crippen LogP contribution in [0.2, 0.25) is 0 Å². The molecule has 0 aliphatic carbocycles. The Labute approximate surface area is 123 Å². The van der Waals surface area contributed by atoms with Crippen molar-refractivity contribution in [1.29, 1.82) is 0 Å². The number of rotatable bonds is 8. The molecule has 4 nitrogen and oxygen atoms in total. The molecule has 1 unspecified atom stereocenters. The number of carbonyl (C=O) groups excluding carboxylic acids is 2. The molecule has 20 heavy (non-hydrogen) atoms. The van der Waals surface area contributed by atoms with Crippen LogP contribution in [-0.2, 0) is 14.3 Å². The van der Waals surface area contributed by atoms with Crippen molar-refractivity contribution in [1.82, 2.24) is 4.90 Å². The number of nitrogens with zero attached hydrogens (tertiary/aromatic N) is 1. The highest BCUT2D eigenvalue weighted by Crippen LogP contribution is 2.19. The Hall–Kier alpha value is -0.900. The summed E-state index contributed by atoms with van der Waals surface area (Å²) in [5.74, 6) is -0.287. The van der Waals surface area contributed by atoms with Gasteiger partial charge in [0.2, 0.25) is 0 Å². The molecule has 0 bridgehead atoms. The Morgan fingerprint density at radius 1 is 0.900 bits per heavy atom. The van der Waals surface area contributed by atoms with Gasteiger partial charge in [-0.25, -0.2) is 0 Å². The zero-order valence-electron chi connectivity index (χ0n) is 14.3. The van der Waals surface area contributed by atoms with Gasteiger partial charge in [-0.15, -0.1) is 0 Å². The first kappa shape index (κ1) is 19.1. The Balaban J connectivity index is 5.16. The van der Waals surface area contributed by atoms with E-state index in [-0.39, 0.29) is 42.3 Å². The third-order valence-electron chi connectivity index (χ3n) is 3.18. The minimum Gasteiger partial charge on any atom is -0.463 e. The molecule has 0 rings (SSSR count). The third kappa shape index (κ3) is 6.04. The normalized spacial score (nSPS) is 13.7. The first-order chi connectivity index (χ1) is 9.07. The maximum atomic E-state index is 12.5. The van der Waals surface area contributed by atoms with Gasteiger partial charge in [0, 0.05) is 18.0 Å². The topological polar surface area (TPSA) is 46.6 Å². The van der Waals surface area contributed by atoms with Gasteiger partial charge in [0.05, 0.1) is 18.6 Å². The molecular weight excluding hydrogens is 254 g/mol. The molecule has 0 spiro atoms. The maximum absolute atomic E-state index is 12.5. The van der Waals surface area contributed by atoms with Crippen molar-refractivity contribution in [2.75, 3.05) is 0 Å². The molecular formula is C16H31NO3. The first-order valence-electron chi connectivity index (χ1n) is 7.58. The molecule has 0 saturated heterocycles. The highest BCUT2D eigenvalue weighted by Gasteiger charge is 2.33. The average molecular weight is 285 g/mol. The summed E-state index contributed by atoms with van der Waals surface area (Å²) < 4.78 is 5.20. The number of hydrogen-bond donors (Lipinski definition) is 0. The summed E-state index contributed by atoms with van der Waals surface area (Å²) in [4.78, 5) is 26.5. The van der Waals surface area contributed by atoms with Gasteiger partial charge >= 0.3 is 5.97 Å². The second kappa shape index (κ2) is 8.40. The number of hydrogen-bond acceptors (Lipinski definition) is 4. The Bertz CT molecular complexity index is 314. The highest BCUT2D eigenvalue weighted by molar-refractivity contribution is 5.89. The molecule has 0 aromatic heterocycles. The van der Waals surface area contributed by atoms with Gasteiger partial charge in [0.1, 0.15) is 0 Å². The third-order valence-corrected chi connectivity index (χ3v) is 3.18. The van der Waals surface area contributed by atoms with E-state index in [1.165, 1.54) is 0 Å².